The number of nitrogens with one attached hydrogen (secondary N) is 1. The Morgan fingerprint density at radius 2 is 1.87 bits per heavy atom. The first-order valence-corrected chi connectivity index (χ1v) is 9.06. The first kappa shape index (κ1) is 16.4. The highest BCUT2D eigenvalue weighted by molar-refractivity contribution is 6.30. The van der Waals surface area contributed by atoms with E-state index in [2.05, 4.69) is 5.32 Å². The van der Waals surface area contributed by atoms with Gasteiger partial charge in [0.05, 0.1) is 0 Å². The van der Waals surface area contributed by atoms with E-state index in [4.69, 9.17) is 16.3 Å². The van der Waals surface area contributed by atoms with E-state index >= 15 is 0 Å². The van der Waals surface area contributed by atoms with Crippen molar-refractivity contribution in [3.63, 3.8) is 0 Å². The first-order valence-electron chi connectivity index (χ1n) is 8.68. The predicted octanol–water partition coefficient (Wildman–Crippen LogP) is 4.23. The van der Waals surface area contributed by atoms with E-state index in [9.17, 15) is 4.79 Å². The van der Waals surface area contributed by atoms with Crippen molar-refractivity contribution in [3.8, 4) is 5.75 Å². The summed E-state index contributed by atoms with van der Waals surface area (Å²) in [6, 6.07) is 7.96. The Kier molecular flexibility index (Phi) is 5.65. The smallest absolute Gasteiger partial charge is 0.317 e. The minimum atomic E-state index is 0.0955. The van der Waals surface area contributed by atoms with E-state index < -0.39 is 0 Å². The largest absolute Gasteiger partial charge is 0.490 e. The fourth-order valence-corrected chi connectivity index (χ4v) is 3.60. The van der Waals surface area contributed by atoms with Crippen LogP contribution in [0.2, 0.25) is 5.02 Å². The van der Waals surface area contributed by atoms with Gasteiger partial charge in [0.25, 0.3) is 0 Å². The van der Waals surface area contributed by atoms with Gasteiger partial charge < -0.3 is 15.0 Å². The molecule has 2 amide bonds. The van der Waals surface area contributed by atoms with Crippen LogP contribution in [-0.2, 0) is 0 Å². The third-order valence-corrected chi connectivity index (χ3v) is 5.00. The first-order chi connectivity index (χ1) is 11.2. The van der Waals surface area contributed by atoms with Crippen LogP contribution in [-0.4, -0.2) is 36.2 Å². The lowest BCUT2D eigenvalue weighted by atomic mass is 9.96. The number of urea groups is 1. The highest BCUT2D eigenvalue weighted by Crippen LogP contribution is 2.22. The Bertz CT molecular complexity index is 524. The van der Waals surface area contributed by atoms with E-state index in [-0.39, 0.29) is 12.1 Å². The van der Waals surface area contributed by atoms with Gasteiger partial charge in [0.2, 0.25) is 0 Å². The summed E-state index contributed by atoms with van der Waals surface area (Å²) in [4.78, 5) is 14.3. The molecular formula is C18H25ClN2O2. The van der Waals surface area contributed by atoms with Gasteiger partial charge in [-0.2, -0.15) is 0 Å². The predicted molar refractivity (Wildman–Crippen MR) is 92.1 cm³/mol. The van der Waals surface area contributed by atoms with Crippen LogP contribution in [0.15, 0.2) is 24.3 Å². The molecule has 5 heteroatoms. The monoisotopic (exact) mass is 336 g/mol. The molecule has 1 N–H and O–H groups in total. The highest BCUT2D eigenvalue weighted by Gasteiger charge is 2.25. The summed E-state index contributed by atoms with van der Waals surface area (Å²) in [5.41, 5.74) is 0. The van der Waals surface area contributed by atoms with Gasteiger partial charge in [0.1, 0.15) is 11.9 Å². The Labute approximate surface area is 143 Å². The molecular weight excluding hydrogens is 312 g/mol. The van der Waals surface area contributed by atoms with Gasteiger partial charge in [0, 0.05) is 37.0 Å². The number of likely N-dealkylation sites (tertiary alicyclic amines) is 1. The number of carbonyl (C=O) groups is 1. The molecule has 1 heterocycles. The molecule has 0 spiro atoms. The molecule has 0 radical (unpaired) electrons. The van der Waals surface area contributed by atoms with Crippen LogP contribution in [0, 0.1) is 0 Å². The molecule has 0 bridgehead atoms. The van der Waals surface area contributed by atoms with Crippen LogP contribution in [0.25, 0.3) is 0 Å². The maximum Gasteiger partial charge on any atom is 0.317 e. The van der Waals surface area contributed by atoms with Crippen LogP contribution in [0.4, 0.5) is 4.79 Å². The second-order valence-corrected chi connectivity index (χ2v) is 6.98. The van der Waals surface area contributed by atoms with Crippen molar-refractivity contribution < 1.29 is 9.53 Å². The topological polar surface area (TPSA) is 41.6 Å². The molecule has 0 atom stereocenters. The molecule has 1 aromatic carbocycles. The summed E-state index contributed by atoms with van der Waals surface area (Å²) in [6.07, 6.45) is 7.92. The molecule has 2 aliphatic rings. The molecule has 1 aliphatic heterocycles. The lowest BCUT2D eigenvalue weighted by Gasteiger charge is -2.34. The van der Waals surface area contributed by atoms with Gasteiger partial charge in [-0.3, -0.25) is 0 Å². The van der Waals surface area contributed by atoms with Crippen LogP contribution < -0.4 is 10.1 Å². The lowest BCUT2D eigenvalue weighted by Crippen LogP contribution is -2.49. The molecule has 1 saturated heterocycles. The number of hydrogen-bond acceptors (Lipinski definition) is 2. The van der Waals surface area contributed by atoms with Gasteiger partial charge in [-0.1, -0.05) is 36.9 Å². The Hall–Kier alpha value is -1.42. The second kappa shape index (κ2) is 7.91. The van der Waals surface area contributed by atoms with E-state index in [0.717, 1.165) is 44.5 Å². The third kappa shape index (κ3) is 4.77. The van der Waals surface area contributed by atoms with Gasteiger partial charge in [-0.25, -0.2) is 4.79 Å². The number of rotatable bonds is 3. The zero-order chi connectivity index (χ0) is 16.1. The average Bonchev–Trinajstić information content (AvgIpc) is 2.56. The molecule has 2 fully saturated rings. The molecule has 0 unspecified atom stereocenters. The third-order valence-electron chi connectivity index (χ3n) is 4.76. The highest BCUT2D eigenvalue weighted by atomic mass is 35.5. The SMILES string of the molecule is O=C(NC1CCCCC1)N1CCC(Oc2cccc(Cl)c2)CC1. The molecule has 126 valence electrons. The molecule has 3 rings (SSSR count). The standard InChI is InChI=1S/C18H25ClN2O2/c19-14-5-4-8-17(13-14)23-16-9-11-21(12-10-16)18(22)20-15-6-2-1-3-7-15/h4-5,8,13,15-16H,1-3,6-7,9-12H2,(H,20,22). The maximum absolute atomic E-state index is 12.3. The van der Waals surface area contributed by atoms with E-state index in [1.807, 2.05) is 29.2 Å². The van der Waals surface area contributed by atoms with Gasteiger partial charge in [-0.05, 0) is 31.0 Å². The quantitative estimate of drug-likeness (QED) is 0.897. The Morgan fingerprint density at radius 1 is 1.13 bits per heavy atom. The van der Waals surface area contributed by atoms with E-state index in [1.54, 1.807) is 0 Å². The summed E-state index contributed by atoms with van der Waals surface area (Å²) in [7, 11) is 0. The number of ether oxygens (including phenoxy) is 1. The van der Waals surface area contributed by atoms with Gasteiger partial charge in [0.15, 0.2) is 0 Å². The number of piperidine rings is 1. The van der Waals surface area contributed by atoms with Crippen molar-refractivity contribution in [2.75, 3.05) is 13.1 Å². The number of halogens is 1. The molecule has 1 aromatic rings. The Balaban J connectivity index is 1.43. The van der Waals surface area contributed by atoms with Crippen LogP contribution in [0.3, 0.4) is 0 Å². The lowest BCUT2D eigenvalue weighted by molar-refractivity contribution is 0.109. The summed E-state index contributed by atoms with van der Waals surface area (Å²) in [5, 5.41) is 3.88. The number of amides is 2. The summed E-state index contributed by atoms with van der Waals surface area (Å²) in [5.74, 6) is 0.808. The van der Waals surface area contributed by atoms with Crippen LogP contribution in [0.1, 0.15) is 44.9 Å². The van der Waals surface area contributed by atoms with Crippen LogP contribution in [0.5, 0.6) is 5.75 Å². The molecule has 0 aromatic heterocycles. The van der Waals surface area contributed by atoms with Crippen LogP contribution >= 0.6 is 11.6 Å². The maximum atomic E-state index is 12.3. The summed E-state index contributed by atoms with van der Waals surface area (Å²) >= 11 is 5.98. The molecule has 1 aliphatic carbocycles. The average molecular weight is 337 g/mol. The molecule has 4 nitrogen and oxygen atoms in total. The number of benzene rings is 1. The fraction of sp³-hybridized carbons (Fsp3) is 0.611. The van der Waals surface area contributed by atoms with Crippen molar-refractivity contribution in [2.45, 2.75) is 57.1 Å². The van der Waals surface area contributed by atoms with Crippen molar-refractivity contribution in [1.82, 2.24) is 10.2 Å². The zero-order valence-corrected chi connectivity index (χ0v) is 14.2. The van der Waals surface area contributed by atoms with E-state index in [1.165, 1.54) is 19.3 Å². The fourth-order valence-electron chi connectivity index (χ4n) is 3.42. The zero-order valence-electron chi connectivity index (χ0n) is 13.5. The molecule has 23 heavy (non-hydrogen) atoms. The summed E-state index contributed by atoms with van der Waals surface area (Å²) in [6.45, 7) is 1.51. The Morgan fingerprint density at radius 3 is 2.57 bits per heavy atom. The number of nitrogens with zero attached hydrogens (tertiary/aromatic N) is 1. The number of carbonyl (C=O) groups excluding carboxylic acids is 1. The minimum absolute atomic E-state index is 0.0955. The van der Waals surface area contributed by atoms with Crippen molar-refractivity contribution in [1.29, 1.82) is 0 Å². The van der Waals surface area contributed by atoms with Crippen molar-refractivity contribution in [3.05, 3.63) is 29.3 Å². The second-order valence-electron chi connectivity index (χ2n) is 6.55. The summed E-state index contributed by atoms with van der Waals surface area (Å²) < 4.78 is 5.97. The minimum Gasteiger partial charge on any atom is -0.490 e. The van der Waals surface area contributed by atoms with Crippen molar-refractivity contribution >= 4 is 17.6 Å². The normalized spacial score (nSPS) is 20.3. The van der Waals surface area contributed by atoms with Crippen molar-refractivity contribution in [2.24, 2.45) is 0 Å². The van der Waals surface area contributed by atoms with Gasteiger partial charge in [-0.15, -0.1) is 0 Å². The molecule has 1 saturated carbocycles. The number of hydrogen-bond donors (Lipinski definition) is 1. The van der Waals surface area contributed by atoms with E-state index in [0.29, 0.717) is 11.1 Å². The van der Waals surface area contributed by atoms with Gasteiger partial charge >= 0.3 is 6.03 Å².